The van der Waals surface area contributed by atoms with Gasteiger partial charge in [-0.05, 0) is 109 Å². The van der Waals surface area contributed by atoms with Crippen LogP contribution in [0.2, 0.25) is 0 Å². The third kappa shape index (κ3) is 7.84. The number of ether oxygens (including phenoxy) is 2. The maximum Gasteiger partial charge on any atom is 0.204 e. The molecule has 0 radical (unpaired) electrons. The summed E-state index contributed by atoms with van der Waals surface area (Å²) in [4.78, 5) is 16.6. The lowest BCUT2D eigenvalue weighted by Gasteiger charge is -2.17. The zero-order valence-electron chi connectivity index (χ0n) is 34.1. The molecule has 2 aliphatic heterocycles. The van der Waals surface area contributed by atoms with Crippen molar-refractivity contribution in [2.24, 2.45) is 5.92 Å². The Morgan fingerprint density at radius 1 is 0.500 bits per heavy atom. The van der Waals surface area contributed by atoms with E-state index < -0.39 is 53.4 Å². The van der Waals surface area contributed by atoms with E-state index in [0.29, 0.717) is 61.3 Å². The molecule has 14 heteroatoms. The maximum absolute atomic E-state index is 16.7. The molecule has 10 nitrogen and oxygen atoms in total. The second-order valence-corrected chi connectivity index (χ2v) is 15.5. The summed E-state index contributed by atoms with van der Waals surface area (Å²) in [6.45, 7) is 2.53. The molecule has 2 unspecified atom stereocenters. The van der Waals surface area contributed by atoms with Crippen LogP contribution in [0.25, 0.3) is 90.9 Å². The zero-order chi connectivity index (χ0) is 44.8. The number of phenolic OH excluding ortho intramolecular Hbond substituents is 3. The predicted molar refractivity (Wildman–Crippen MR) is 238 cm³/mol. The molecule has 2 aliphatic rings. The van der Waals surface area contributed by atoms with E-state index in [1.165, 1.54) is 43.3 Å². The van der Waals surface area contributed by atoms with Crippen LogP contribution in [-0.4, -0.2) is 59.9 Å². The van der Waals surface area contributed by atoms with Gasteiger partial charge in [-0.1, -0.05) is 43.3 Å². The average Bonchev–Trinajstić information content (AvgIpc) is 4.12. The average molecular weight is 867 g/mol. The van der Waals surface area contributed by atoms with E-state index in [1.807, 2.05) is 12.1 Å². The fourth-order valence-corrected chi connectivity index (χ4v) is 7.90. The Morgan fingerprint density at radius 2 is 0.875 bits per heavy atom. The zero-order valence-corrected chi connectivity index (χ0v) is 34.1. The lowest BCUT2D eigenvalue weighted by atomic mass is 10.0. The Balaban J connectivity index is 1.40. The Hall–Kier alpha value is -7.68. The first-order chi connectivity index (χ1) is 30.8. The molecule has 5 heterocycles. The number of aliphatic hydroxyl groups excluding tert-OH is 1. The number of H-pyrrole nitrogens is 2. The summed E-state index contributed by atoms with van der Waals surface area (Å²) in [6, 6.07) is 26.2. The van der Waals surface area contributed by atoms with Gasteiger partial charge in [0.15, 0.2) is 23.7 Å². The van der Waals surface area contributed by atoms with Gasteiger partial charge in [0.1, 0.15) is 17.2 Å². The van der Waals surface area contributed by atoms with E-state index in [2.05, 4.69) is 9.97 Å². The van der Waals surface area contributed by atoms with Crippen LogP contribution < -0.4 is 4.74 Å². The third-order valence-corrected chi connectivity index (χ3v) is 10.8. The number of fused-ring (bicyclic) bond motifs is 8. The highest BCUT2D eigenvalue weighted by Gasteiger charge is 2.31. The lowest BCUT2D eigenvalue weighted by molar-refractivity contribution is -0.0975. The second kappa shape index (κ2) is 16.9. The van der Waals surface area contributed by atoms with Gasteiger partial charge in [-0.25, -0.2) is 18.7 Å². The van der Waals surface area contributed by atoms with E-state index in [9.17, 15) is 20.4 Å². The van der Waals surface area contributed by atoms with Crippen molar-refractivity contribution in [1.29, 1.82) is 0 Å². The van der Waals surface area contributed by atoms with Crippen LogP contribution in [-0.2, 0) is 4.74 Å². The summed E-state index contributed by atoms with van der Waals surface area (Å²) >= 11 is 0. The molecular weight excluding hydrogens is 829 g/mol. The first kappa shape index (κ1) is 41.7. The predicted octanol–water partition coefficient (Wildman–Crippen LogP) is 11.4. The number of hydrogen-bond acceptors (Lipinski definition) is 8. The molecule has 0 saturated heterocycles. The second-order valence-electron chi connectivity index (χ2n) is 15.5. The van der Waals surface area contributed by atoms with Crippen molar-refractivity contribution in [2.75, 3.05) is 13.2 Å². The van der Waals surface area contributed by atoms with Gasteiger partial charge in [0, 0.05) is 50.2 Å². The topological polar surface area (TPSA) is 157 Å². The molecule has 322 valence electrons. The monoisotopic (exact) mass is 866 g/mol. The van der Waals surface area contributed by atoms with Crippen LogP contribution in [0.3, 0.4) is 0 Å². The number of rotatable bonds is 10. The van der Waals surface area contributed by atoms with E-state index in [-0.39, 0.29) is 46.3 Å². The number of nitrogens with zero attached hydrogens (tertiary/aromatic N) is 2. The van der Waals surface area contributed by atoms with Gasteiger partial charge in [0.05, 0.1) is 41.6 Å². The largest absolute Gasteiger partial charge is 0.508 e. The molecule has 0 amide bonds. The number of aliphatic hydroxyl groups is 1. The summed E-state index contributed by atoms with van der Waals surface area (Å²) in [5.41, 5.74) is 4.31. The minimum atomic E-state index is -1.78. The molecule has 7 aromatic rings. The molecule has 9 rings (SSSR count). The minimum absolute atomic E-state index is 0.0124. The Bertz CT molecular complexity index is 3160. The van der Waals surface area contributed by atoms with Gasteiger partial charge in [0.25, 0.3) is 0 Å². The molecule has 0 fully saturated rings. The van der Waals surface area contributed by atoms with Crippen LogP contribution in [0.4, 0.5) is 17.6 Å². The quantitative estimate of drug-likeness (QED) is 0.0451. The highest BCUT2D eigenvalue weighted by atomic mass is 19.2. The fraction of sp³-hybridized carbons (Fsp3) is 0.120. The van der Waals surface area contributed by atoms with Gasteiger partial charge in [-0.3, -0.25) is 0 Å². The van der Waals surface area contributed by atoms with Gasteiger partial charge in [-0.15, -0.1) is 0 Å². The van der Waals surface area contributed by atoms with Crippen molar-refractivity contribution >= 4 is 46.4 Å². The summed E-state index contributed by atoms with van der Waals surface area (Å²) in [5, 5.41) is 41.3. The van der Waals surface area contributed by atoms with Crippen molar-refractivity contribution < 1.29 is 47.5 Å². The van der Waals surface area contributed by atoms with Crippen LogP contribution in [0.15, 0.2) is 97.1 Å². The van der Waals surface area contributed by atoms with Crippen molar-refractivity contribution in [3.8, 4) is 67.5 Å². The highest BCUT2D eigenvalue weighted by Crippen LogP contribution is 2.43. The van der Waals surface area contributed by atoms with E-state index in [4.69, 9.17) is 19.4 Å². The molecule has 2 atom stereocenters. The number of benzene rings is 4. The molecule has 4 aromatic carbocycles. The first-order valence-electron chi connectivity index (χ1n) is 20.2. The molecule has 8 bridgehead atoms. The molecule has 6 N–H and O–H groups in total. The van der Waals surface area contributed by atoms with E-state index >= 15 is 17.6 Å². The maximum atomic E-state index is 16.7. The van der Waals surface area contributed by atoms with Gasteiger partial charge >= 0.3 is 0 Å². The molecule has 0 aliphatic carbocycles. The molecular formula is C50H38F4N4O6. The van der Waals surface area contributed by atoms with Crippen LogP contribution in [0.5, 0.6) is 23.0 Å². The molecule has 64 heavy (non-hydrogen) atoms. The fourth-order valence-electron chi connectivity index (χ4n) is 7.90. The van der Waals surface area contributed by atoms with Crippen LogP contribution >= 0.6 is 0 Å². The summed E-state index contributed by atoms with van der Waals surface area (Å²) in [5.74, 6) is -8.91. The standard InChI is InChI=1S/C50H38F4N4O6/c1-25(23-63-26(2)59)24-64-50-48(53)46(51)45(47(52)49(50)54)44-39-18-16-37(57-39)42(28-7-4-10-31(61)21-28)35-14-12-33(55-35)41(27-6-3-9-30(60)20-27)34-13-15-36(56-34)43(38-17-19-40(44)58-38)29-8-5-11-32(62)22-29/h3-22,25-26,55,58-62H,23-24H2,1-2H3. The van der Waals surface area contributed by atoms with Crippen molar-refractivity contribution in [1.82, 2.24) is 19.9 Å². The molecule has 0 spiro atoms. The van der Waals surface area contributed by atoms with Gasteiger partial charge in [0.2, 0.25) is 11.6 Å². The third-order valence-electron chi connectivity index (χ3n) is 10.8. The molecule has 3 aromatic heterocycles. The summed E-state index contributed by atoms with van der Waals surface area (Å²) in [6.07, 6.45) is 5.50. The van der Waals surface area contributed by atoms with E-state index in [0.717, 1.165) is 0 Å². The van der Waals surface area contributed by atoms with Crippen molar-refractivity contribution in [3.63, 3.8) is 0 Å². The van der Waals surface area contributed by atoms with E-state index in [1.54, 1.807) is 79.7 Å². The number of aromatic nitrogens is 4. The number of halogens is 4. The lowest BCUT2D eigenvalue weighted by Crippen LogP contribution is -2.19. The number of hydrogen-bond donors (Lipinski definition) is 6. The van der Waals surface area contributed by atoms with Crippen LogP contribution in [0, 0.1) is 29.2 Å². The first-order valence-corrected chi connectivity index (χ1v) is 20.2. The van der Waals surface area contributed by atoms with Gasteiger partial charge < -0.3 is 39.9 Å². The van der Waals surface area contributed by atoms with Gasteiger partial charge in [-0.2, -0.15) is 8.78 Å². The number of aromatic hydroxyl groups is 3. The summed E-state index contributed by atoms with van der Waals surface area (Å²) in [7, 11) is 0. The number of aromatic amines is 2. The van der Waals surface area contributed by atoms with Crippen molar-refractivity contribution in [3.05, 3.63) is 143 Å². The normalized spacial score (nSPS) is 13.0. The molecule has 0 saturated carbocycles. The Morgan fingerprint density at radius 3 is 1.25 bits per heavy atom. The number of phenols is 3. The van der Waals surface area contributed by atoms with Crippen molar-refractivity contribution in [2.45, 2.75) is 20.1 Å². The minimum Gasteiger partial charge on any atom is -0.508 e. The highest BCUT2D eigenvalue weighted by molar-refractivity contribution is 6.00. The van der Waals surface area contributed by atoms with Crippen LogP contribution in [0.1, 0.15) is 36.6 Å². The summed E-state index contributed by atoms with van der Waals surface area (Å²) < 4.78 is 76.0. The smallest absolute Gasteiger partial charge is 0.204 e. The Kier molecular flexibility index (Phi) is 11.0. The Labute approximate surface area is 362 Å². The number of nitrogens with one attached hydrogen (secondary N) is 2. The SMILES string of the molecule is CC(COc1c(F)c(F)c(-c2c3nc(c(-c4cccc(O)c4)c4ccc([nH]4)c(-c4cccc(O)c4)c4nc(c(-c5cccc(O)c5)c5ccc2[nH]5)C=C4)C=C3)c(F)c1F)COC(C)O.